The van der Waals surface area contributed by atoms with E-state index in [-0.39, 0.29) is 5.56 Å². The maximum Gasteiger partial charge on any atom is 0.267 e. The minimum Gasteiger partial charge on any atom is -0.497 e. The molecule has 0 spiro atoms. The molecule has 0 saturated heterocycles. The highest BCUT2D eigenvalue weighted by Gasteiger charge is 2.02. The van der Waals surface area contributed by atoms with Gasteiger partial charge >= 0.3 is 0 Å². The third-order valence-corrected chi connectivity index (χ3v) is 3.09. The van der Waals surface area contributed by atoms with Gasteiger partial charge in [-0.25, -0.2) is 4.98 Å². The van der Waals surface area contributed by atoms with Crippen LogP contribution >= 0.6 is 22.6 Å². The lowest BCUT2D eigenvalue weighted by molar-refractivity contribution is 0.414. The molecule has 0 amide bonds. The first-order chi connectivity index (χ1) is 8.20. The topological polar surface area (TPSA) is 44.1 Å². The van der Waals surface area contributed by atoms with Crippen LogP contribution in [-0.2, 0) is 6.54 Å². The Hall–Kier alpha value is -1.37. The van der Waals surface area contributed by atoms with Gasteiger partial charge in [-0.15, -0.1) is 0 Å². The van der Waals surface area contributed by atoms with Crippen molar-refractivity contribution in [2.45, 2.75) is 6.54 Å². The summed E-state index contributed by atoms with van der Waals surface area (Å²) in [4.78, 5) is 15.8. The van der Waals surface area contributed by atoms with E-state index in [9.17, 15) is 4.79 Å². The Bertz CT molecular complexity index is 581. The maximum absolute atomic E-state index is 11.8. The second kappa shape index (κ2) is 5.31. The van der Waals surface area contributed by atoms with E-state index >= 15 is 0 Å². The lowest BCUT2D eigenvalue weighted by Gasteiger charge is -2.07. The van der Waals surface area contributed by atoms with Crippen molar-refractivity contribution in [1.29, 1.82) is 0 Å². The van der Waals surface area contributed by atoms with Crippen molar-refractivity contribution in [2.24, 2.45) is 0 Å². The summed E-state index contributed by atoms with van der Waals surface area (Å²) < 4.78 is 7.34. The summed E-state index contributed by atoms with van der Waals surface area (Å²) in [5.74, 6) is 0.786. The van der Waals surface area contributed by atoms with Gasteiger partial charge in [0.1, 0.15) is 5.75 Å². The molecule has 2 rings (SSSR count). The number of ether oxygens (including phenoxy) is 1. The highest BCUT2D eigenvalue weighted by molar-refractivity contribution is 14.1. The SMILES string of the molecule is COc1cccc(Cn2cncc(I)c2=O)c1. The van der Waals surface area contributed by atoms with Crippen molar-refractivity contribution in [2.75, 3.05) is 7.11 Å². The van der Waals surface area contributed by atoms with Crippen LogP contribution in [0.15, 0.2) is 41.6 Å². The van der Waals surface area contributed by atoms with E-state index in [2.05, 4.69) is 4.98 Å². The van der Waals surface area contributed by atoms with Crippen LogP contribution in [0.1, 0.15) is 5.56 Å². The fourth-order valence-corrected chi connectivity index (χ4v) is 1.97. The molecule has 0 radical (unpaired) electrons. The summed E-state index contributed by atoms with van der Waals surface area (Å²) in [5, 5.41) is 0. The molecule has 0 aliphatic rings. The summed E-state index contributed by atoms with van der Waals surface area (Å²) >= 11 is 1.99. The van der Waals surface area contributed by atoms with Crippen molar-refractivity contribution in [3.63, 3.8) is 0 Å². The van der Waals surface area contributed by atoms with Crippen molar-refractivity contribution < 1.29 is 4.74 Å². The van der Waals surface area contributed by atoms with E-state index in [4.69, 9.17) is 4.74 Å². The predicted molar refractivity (Wildman–Crippen MR) is 73.3 cm³/mol. The first-order valence-corrected chi connectivity index (χ1v) is 6.11. The lowest BCUT2D eigenvalue weighted by atomic mass is 10.2. The van der Waals surface area contributed by atoms with Crippen LogP contribution in [0.4, 0.5) is 0 Å². The number of rotatable bonds is 3. The van der Waals surface area contributed by atoms with Crippen LogP contribution in [0, 0.1) is 3.57 Å². The average Bonchev–Trinajstić information content (AvgIpc) is 2.35. The van der Waals surface area contributed by atoms with E-state index in [1.807, 2.05) is 46.9 Å². The first-order valence-electron chi connectivity index (χ1n) is 5.03. The van der Waals surface area contributed by atoms with Crippen LogP contribution in [0.2, 0.25) is 0 Å². The van der Waals surface area contributed by atoms with Crippen LogP contribution in [0.25, 0.3) is 0 Å². The van der Waals surface area contributed by atoms with E-state index < -0.39 is 0 Å². The molecule has 88 valence electrons. The van der Waals surface area contributed by atoms with Crippen molar-refractivity contribution in [1.82, 2.24) is 9.55 Å². The summed E-state index contributed by atoms with van der Waals surface area (Å²) in [5.41, 5.74) is 0.985. The van der Waals surface area contributed by atoms with Gasteiger partial charge in [-0.2, -0.15) is 0 Å². The standard InChI is InChI=1S/C12H11IN2O2/c1-17-10-4-2-3-9(5-10)7-15-8-14-6-11(13)12(15)16/h2-6,8H,7H2,1H3. The summed E-state index contributed by atoms with van der Waals surface area (Å²) in [6.07, 6.45) is 3.11. The molecule has 0 aliphatic carbocycles. The highest BCUT2D eigenvalue weighted by atomic mass is 127. The third kappa shape index (κ3) is 2.85. The molecule has 0 atom stereocenters. The van der Waals surface area contributed by atoms with E-state index in [0.29, 0.717) is 10.1 Å². The van der Waals surface area contributed by atoms with Gasteiger partial charge in [0.15, 0.2) is 0 Å². The molecular weight excluding hydrogens is 331 g/mol. The van der Waals surface area contributed by atoms with Crippen molar-refractivity contribution in [3.05, 3.63) is 56.3 Å². The number of halogens is 1. The van der Waals surface area contributed by atoms with Crippen molar-refractivity contribution in [3.8, 4) is 5.75 Å². The number of hydrogen-bond acceptors (Lipinski definition) is 3. The van der Waals surface area contributed by atoms with Gasteiger partial charge in [-0.1, -0.05) is 12.1 Å². The zero-order valence-electron chi connectivity index (χ0n) is 9.26. The molecular formula is C12H11IN2O2. The quantitative estimate of drug-likeness (QED) is 0.801. The smallest absolute Gasteiger partial charge is 0.267 e. The number of methoxy groups -OCH3 is 1. The number of nitrogens with zero attached hydrogens (tertiary/aromatic N) is 2. The molecule has 17 heavy (non-hydrogen) atoms. The van der Waals surface area contributed by atoms with E-state index in [1.54, 1.807) is 24.2 Å². The molecule has 0 fully saturated rings. The minimum absolute atomic E-state index is 0.0246. The van der Waals surface area contributed by atoms with Crippen LogP contribution in [-0.4, -0.2) is 16.7 Å². The molecule has 5 heteroatoms. The first kappa shape index (κ1) is 12.1. The van der Waals surface area contributed by atoms with Crippen LogP contribution in [0.5, 0.6) is 5.75 Å². The molecule has 0 aliphatic heterocycles. The largest absolute Gasteiger partial charge is 0.497 e. The molecule has 1 aromatic heterocycles. The Kier molecular flexibility index (Phi) is 3.78. The molecule has 4 nitrogen and oxygen atoms in total. The zero-order chi connectivity index (χ0) is 12.3. The Balaban J connectivity index is 2.31. The Morgan fingerprint density at radius 1 is 1.47 bits per heavy atom. The summed E-state index contributed by atoms with van der Waals surface area (Å²) in [6.45, 7) is 0.500. The summed E-state index contributed by atoms with van der Waals surface area (Å²) in [7, 11) is 1.62. The fourth-order valence-electron chi connectivity index (χ4n) is 1.50. The lowest BCUT2D eigenvalue weighted by Crippen LogP contribution is -2.22. The molecule has 2 aromatic rings. The second-order valence-corrected chi connectivity index (χ2v) is 4.69. The Labute approximate surface area is 112 Å². The van der Waals surface area contributed by atoms with Crippen LogP contribution < -0.4 is 10.3 Å². The fraction of sp³-hybridized carbons (Fsp3) is 0.167. The number of hydrogen-bond donors (Lipinski definition) is 0. The van der Waals surface area contributed by atoms with Gasteiger partial charge in [-0.3, -0.25) is 9.36 Å². The van der Waals surface area contributed by atoms with Crippen molar-refractivity contribution >= 4 is 22.6 Å². The predicted octanol–water partition coefficient (Wildman–Crippen LogP) is 1.90. The van der Waals surface area contributed by atoms with E-state index in [1.165, 1.54) is 0 Å². The van der Waals surface area contributed by atoms with Gasteiger partial charge in [0.2, 0.25) is 0 Å². The monoisotopic (exact) mass is 342 g/mol. The maximum atomic E-state index is 11.8. The number of aromatic nitrogens is 2. The minimum atomic E-state index is -0.0246. The molecule has 0 unspecified atom stereocenters. The average molecular weight is 342 g/mol. The van der Waals surface area contributed by atoms with Gasteiger partial charge in [-0.05, 0) is 40.3 Å². The summed E-state index contributed by atoms with van der Waals surface area (Å²) in [6, 6.07) is 7.64. The zero-order valence-corrected chi connectivity index (χ0v) is 11.4. The van der Waals surface area contributed by atoms with Gasteiger partial charge in [0, 0.05) is 6.20 Å². The second-order valence-electron chi connectivity index (χ2n) is 3.53. The Morgan fingerprint density at radius 2 is 2.29 bits per heavy atom. The molecule has 0 N–H and O–H groups in total. The molecule has 1 heterocycles. The van der Waals surface area contributed by atoms with Crippen LogP contribution in [0.3, 0.4) is 0 Å². The van der Waals surface area contributed by atoms with Gasteiger partial charge in [0.25, 0.3) is 5.56 Å². The van der Waals surface area contributed by atoms with Gasteiger partial charge < -0.3 is 4.74 Å². The van der Waals surface area contributed by atoms with E-state index in [0.717, 1.165) is 11.3 Å². The Morgan fingerprint density at radius 3 is 3.06 bits per heavy atom. The molecule has 0 bridgehead atoms. The highest BCUT2D eigenvalue weighted by Crippen LogP contribution is 2.13. The van der Waals surface area contributed by atoms with Gasteiger partial charge in [0.05, 0.1) is 23.6 Å². The molecule has 0 saturated carbocycles. The molecule has 1 aromatic carbocycles. The third-order valence-electron chi connectivity index (χ3n) is 2.35. The normalized spacial score (nSPS) is 10.2. The number of benzene rings is 1.